The van der Waals surface area contributed by atoms with Gasteiger partial charge in [0.05, 0.1) is 0 Å². The highest BCUT2D eigenvalue weighted by molar-refractivity contribution is 8.01. The minimum absolute atomic E-state index is 0.158. The zero-order chi connectivity index (χ0) is 26.8. The number of carbonyl (C=O) groups excluding carboxylic acids is 2. The highest BCUT2D eigenvalue weighted by atomic mass is 32.2. The van der Waals surface area contributed by atoms with Gasteiger partial charge in [-0.25, -0.2) is 4.79 Å². The van der Waals surface area contributed by atoms with Crippen LogP contribution in [0, 0.1) is 5.92 Å². The summed E-state index contributed by atoms with van der Waals surface area (Å²) in [4.78, 5) is 30.0. The summed E-state index contributed by atoms with van der Waals surface area (Å²) in [5.74, 6) is 0.344. The number of ether oxygens (including phenoxy) is 1. The fourth-order valence-electron chi connectivity index (χ4n) is 4.25. The molecule has 0 bridgehead atoms. The van der Waals surface area contributed by atoms with E-state index >= 15 is 0 Å². The molecule has 1 aromatic rings. The fourth-order valence-corrected chi connectivity index (χ4v) is 4.79. The number of likely N-dealkylation sites (tertiary alicyclic amines) is 1. The van der Waals surface area contributed by atoms with Crippen LogP contribution in [0.2, 0.25) is 0 Å². The van der Waals surface area contributed by atoms with Crippen molar-refractivity contribution in [2.45, 2.75) is 64.6 Å². The predicted octanol–water partition coefficient (Wildman–Crippen LogP) is 6.33. The van der Waals surface area contributed by atoms with Crippen LogP contribution in [0.5, 0.6) is 0 Å². The lowest BCUT2D eigenvalue weighted by Crippen LogP contribution is -2.43. The minimum atomic E-state index is -0.456. The molecule has 37 heavy (non-hydrogen) atoms. The molecule has 0 aromatic heterocycles. The van der Waals surface area contributed by atoms with E-state index in [4.69, 9.17) is 4.74 Å². The number of hydrogen-bond donors (Lipinski definition) is 1. The number of allylic oxidation sites excluding steroid dienone is 3. The molecule has 3 rings (SSSR count). The summed E-state index contributed by atoms with van der Waals surface area (Å²) < 4.78 is 8.42. The summed E-state index contributed by atoms with van der Waals surface area (Å²) >= 11 is 1.21. The van der Waals surface area contributed by atoms with Crippen molar-refractivity contribution in [2.75, 3.05) is 19.6 Å². The number of hydrogen-bond acceptors (Lipinski definition) is 5. The Morgan fingerprint density at radius 3 is 2.38 bits per heavy atom. The van der Waals surface area contributed by atoms with E-state index in [0.29, 0.717) is 12.0 Å². The molecule has 1 aliphatic heterocycles. The van der Waals surface area contributed by atoms with Gasteiger partial charge < -0.3 is 9.64 Å². The second-order valence-corrected chi connectivity index (χ2v) is 11.6. The molecule has 2 amide bonds. The zero-order valence-electron chi connectivity index (χ0n) is 22.4. The van der Waals surface area contributed by atoms with Gasteiger partial charge in [0.2, 0.25) is 0 Å². The van der Waals surface area contributed by atoms with Crippen molar-refractivity contribution in [3.63, 3.8) is 0 Å². The van der Waals surface area contributed by atoms with Crippen LogP contribution in [0.3, 0.4) is 0 Å². The monoisotopic (exact) mass is 523 g/mol. The SMILES string of the molecule is C=C/C=C(\C=C)SNC(=O)/C=C/c1ccc(CN2CCC(CN(C(=O)OC(C)(C)C)C3CC3)CC2)cc1. The van der Waals surface area contributed by atoms with Crippen molar-refractivity contribution in [3.8, 4) is 0 Å². The third kappa shape index (κ3) is 10.3. The maximum absolute atomic E-state index is 12.7. The van der Waals surface area contributed by atoms with E-state index in [0.717, 1.165) is 62.3 Å². The molecule has 1 heterocycles. The number of carbonyl (C=O) groups is 2. The van der Waals surface area contributed by atoms with Crippen LogP contribution in [0.15, 0.2) is 66.6 Å². The molecule has 1 saturated carbocycles. The third-order valence-electron chi connectivity index (χ3n) is 6.34. The molecule has 0 radical (unpaired) electrons. The van der Waals surface area contributed by atoms with Gasteiger partial charge in [-0.3, -0.25) is 14.4 Å². The Kier molecular flexibility index (Phi) is 10.6. The van der Waals surface area contributed by atoms with E-state index in [1.165, 1.54) is 23.6 Å². The van der Waals surface area contributed by atoms with Crippen LogP contribution >= 0.6 is 11.9 Å². The Labute approximate surface area is 226 Å². The Morgan fingerprint density at radius 1 is 1.14 bits per heavy atom. The smallest absolute Gasteiger partial charge is 0.410 e. The molecule has 1 aliphatic carbocycles. The number of amides is 2. The largest absolute Gasteiger partial charge is 0.444 e. The summed E-state index contributed by atoms with van der Waals surface area (Å²) in [5, 5.41) is 0. The first-order valence-electron chi connectivity index (χ1n) is 13.1. The van der Waals surface area contributed by atoms with E-state index in [1.54, 1.807) is 18.2 Å². The number of benzene rings is 1. The lowest BCUT2D eigenvalue weighted by molar-refractivity contribution is -0.114. The normalized spacial score (nSPS) is 17.4. The van der Waals surface area contributed by atoms with Crippen molar-refractivity contribution in [1.82, 2.24) is 14.5 Å². The summed E-state index contributed by atoms with van der Waals surface area (Å²) in [6.45, 7) is 16.9. The predicted molar refractivity (Wildman–Crippen MR) is 154 cm³/mol. The summed E-state index contributed by atoms with van der Waals surface area (Å²) in [6.07, 6.45) is 12.7. The quantitative estimate of drug-likeness (QED) is 0.209. The fraction of sp³-hybridized carbons (Fsp3) is 0.467. The molecule has 1 aromatic carbocycles. The average Bonchev–Trinajstić information content (AvgIpc) is 3.70. The molecule has 7 heteroatoms. The maximum Gasteiger partial charge on any atom is 0.410 e. The second kappa shape index (κ2) is 13.7. The molecule has 0 spiro atoms. The van der Waals surface area contributed by atoms with E-state index in [-0.39, 0.29) is 12.0 Å². The molecule has 6 nitrogen and oxygen atoms in total. The van der Waals surface area contributed by atoms with Crippen molar-refractivity contribution in [2.24, 2.45) is 5.92 Å². The minimum Gasteiger partial charge on any atom is -0.444 e. The van der Waals surface area contributed by atoms with Gasteiger partial charge in [-0.1, -0.05) is 49.6 Å². The van der Waals surface area contributed by atoms with Gasteiger partial charge in [0.25, 0.3) is 5.91 Å². The standard InChI is InChI=1S/C30H41N3O3S/c1-6-8-27(7-2)37-31-28(34)16-13-23-9-11-24(12-10-23)21-32-19-17-25(18-20-32)22-33(26-14-15-26)29(35)36-30(3,4)5/h6-13,16,25-26H,1-2,14-15,17-22H2,3-5H3,(H,31,34)/b16-13+,27-8+. The Bertz CT molecular complexity index is 998. The molecular formula is C30H41N3O3S. The van der Waals surface area contributed by atoms with E-state index in [9.17, 15) is 9.59 Å². The van der Waals surface area contributed by atoms with E-state index in [2.05, 4.69) is 34.9 Å². The second-order valence-electron chi connectivity index (χ2n) is 10.7. The topological polar surface area (TPSA) is 61.9 Å². The zero-order valence-corrected chi connectivity index (χ0v) is 23.3. The summed E-state index contributed by atoms with van der Waals surface area (Å²) in [7, 11) is 0. The molecule has 2 fully saturated rings. The van der Waals surface area contributed by atoms with Crippen LogP contribution in [0.25, 0.3) is 6.08 Å². The van der Waals surface area contributed by atoms with Crippen LogP contribution in [0.4, 0.5) is 4.79 Å². The number of piperidine rings is 1. The molecule has 2 aliphatic rings. The highest BCUT2D eigenvalue weighted by Gasteiger charge is 2.37. The summed E-state index contributed by atoms with van der Waals surface area (Å²) in [6, 6.07) is 8.70. The number of nitrogens with zero attached hydrogens (tertiary/aromatic N) is 2. The summed E-state index contributed by atoms with van der Waals surface area (Å²) in [5.41, 5.74) is 1.78. The van der Waals surface area contributed by atoms with Crippen molar-refractivity contribution < 1.29 is 14.3 Å². The highest BCUT2D eigenvalue weighted by Crippen LogP contribution is 2.31. The van der Waals surface area contributed by atoms with Crippen LogP contribution in [0.1, 0.15) is 57.6 Å². The van der Waals surface area contributed by atoms with Crippen molar-refractivity contribution in [1.29, 1.82) is 0 Å². The number of nitrogens with one attached hydrogen (secondary N) is 1. The lowest BCUT2D eigenvalue weighted by Gasteiger charge is -2.35. The van der Waals surface area contributed by atoms with Gasteiger partial charge in [-0.2, -0.15) is 0 Å². The van der Waals surface area contributed by atoms with Crippen LogP contribution < -0.4 is 4.72 Å². The molecule has 1 N–H and O–H groups in total. The Balaban J connectivity index is 1.42. The van der Waals surface area contributed by atoms with Gasteiger partial charge in [0.1, 0.15) is 5.60 Å². The third-order valence-corrected chi connectivity index (χ3v) is 7.19. The van der Waals surface area contributed by atoms with Gasteiger partial charge in [0.15, 0.2) is 0 Å². The maximum atomic E-state index is 12.7. The van der Waals surface area contributed by atoms with Gasteiger partial charge in [-0.15, -0.1) is 0 Å². The van der Waals surface area contributed by atoms with E-state index in [1.807, 2.05) is 43.9 Å². The van der Waals surface area contributed by atoms with E-state index < -0.39 is 5.60 Å². The molecular weight excluding hydrogens is 482 g/mol. The first-order valence-corrected chi connectivity index (χ1v) is 13.9. The first-order chi connectivity index (χ1) is 17.7. The van der Waals surface area contributed by atoms with Crippen LogP contribution in [-0.4, -0.2) is 53.1 Å². The van der Waals surface area contributed by atoms with Crippen molar-refractivity contribution in [3.05, 3.63) is 77.8 Å². The average molecular weight is 524 g/mol. The Morgan fingerprint density at radius 2 is 1.81 bits per heavy atom. The molecule has 0 unspecified atom stereocenters. The van der Waals surface area contributed by atoms with Crippen LogP contribution in [-0.2, 0) is 16.1 Å². The molecule has 1 saturated heterocycles. The molecule has 200 valence electrons. The Hall–Kier alpha value is -2.77. The van der Waals surface area contributed by atoms with Gasteiger partial charge >= 0.3 is 6.09 Å². The molecule has 0 atom stereocenters. The number of rotatable bonds is 11. The van der Waals surface area contributed by atoms with Gasteiger partial charge in [0, 0.05) is 30.1 Å². The lowest BCUT2D eigenvalue weighted by atomic mass is 9.95. The van der Waals surface area contributed by atoms with Crippen molar-refractivity contribution >= 4 is 30.0 Å². The van der Waals surface area contributed by atoms with Gasteiger partial charge in [-0.05, 0) is 101 Å². The first kappa shape index (κ1) is 28.8.